The van der Waals surface area contributed by atoms with Gasteiger partial charge in [0.05, 0.1) is 60.2 Å². The molecule has 4 aliphatic rings. The van der Waals surface area contributed by atoms with Crippen LogP contribution in [0.4, 0.5) is 4.39 Å². The summed E-state index contributed by atoms with van der Waals surface area (Å²) in [5.74, 6) is -7.93. The predicted molar refractivity (Wildman–Crippen MR) is 263 cm³/mol. The van der Waals surface area contributed by atoms with Gasteiger partial charge < -0.3 is 51.0 Å². The fraction of sp³-hybridized carbons (Fsp3) is 0.404. The molecule has 8 amide bonds. The lowest BCUT2D eigenvalue weighted by Crippen LogP contribution is -2.52. The Morgan fingerprint density at radius 2 is 1.60 bits per heavy atom. The van der Waals surface area contributed by atoms with Crippen LogP contribution in [0.1, 0.15) is 95.9 Å². The van der Waals surface area contributed by atoms with E-state index in [-0.39, 0.29) is 73.2 Å². The van der Waals surface area contributed by atoms with Crippen LogP contribution in [0.25, 0.3) is 22.3 Å². The van der Waals surface area contributed by atoms with E-state index in [1.807, 2.05) is 0 Å². The van der Waals surface area contributed by atoms with Crippen molar-refractivity contribution in [3.63, 3.8) is 0 Å². The van der Waals surface area contributed by atoms with E-state index in [2.05, 4.69) is 26.6 Å². The van der Waals surface area contributed by atoms with Gasteiger partial charge in [0.25, 0.3) is 17.4 Å². The third kappa shape index (κ3) is 11.6. The molecule has 75 heavy (non-hydrogen) atoms. The number of aryl methyl sites for hydroxylation is 1. The Morgan fingerprint density at radius 3 is 2.35 bits per heavy atom. The summed E-state index contributed by atoms with van der Waals surface area (Å²) >= 11 is 0. The first kappa shape index (κ1) is 47.8. The van der Waals surface area contributed by atoms with Crippen molar-refractivity contribution in [1.82, 2.24) is 46.4 Å². The van der Waals surface area contributed by atoms with Gasteiger partial charge >= 0.3 is 5.97 Å². The molecule has 0 fully saturated rings. The normalized spacial score (nSPS) is 18.5. The fourth-order valence-corrected chi connectivity index (χ4v) is 9.57. The molecule has 394 valence electrons. The molecule has 3 atom stereocenters. The topological polar surface area (TPSA) is 303 Å². The van der Waals surface area contributed by atoms with E-state index in [4.69, 9.17) is 19.9 Å². The molecule has 3 aliphatic heterocycles. The van der Waals surface area contributed by atoms with Crippen molar-refractivity contribution in [3.8, 4) is 11.4 Å². The van der Waals surface area contributed by atoms with E-state index in [0.29, 0.717) is 52.5 Å². The van der Waals surface area contributed by atoms with Crippen LogP contribution in [-0.4, -0.2) is 118 Å². The molecule has 7 N–H and O–H groups in total. The Balaban J connectivity index is 0.861. The van der Waals surface area contributed by atoms with Crippen LogP contribution in [0, 0.1) is 12.7 Å². The number of carbonyl (C=O) groups excluding carboxylic acids is 9. The highest BCUT2D eigenvalue weighted by molar-refractivity contribution is 6.12. The van der Waals surface area contributed by atoms with Gasteiger partial charge in [0.15, 0.2) is 5.60 Å². The molecule has 23 heteroatoms. The lowest BCUT2D eigenvalue weighted by molar-refractivity contribution is -0.172. The van der Waals surface area contributed by atoms with Crippen LogP contribution in [-0.2, 0) is 84.2 Å². The maximum Gasteiger partial charge on any atom is 0.343 e. The van der Waals surface area contributed by atoms with Gasteiger partial charge in [-0.3, -0.25) is 48.1 Å². The molecule has 4 aromatic rings. The number of esters is 1. The lowest BCUT2D eigenvalue weighted by Gasteiger charge is -2.31. The minimum absolute atomic E-state index is 0.0355. The van der Waals surface area contributed by atoms with Gasteiger partial charge in [-0.1, -0.05) is 43.7 Å². The molecule has 8 rings (SSSR count). The van der Waals surface area contributed by atoms with Gasteiger partial charge in [-0.25, -0.2) is 14.2 Å². The summed E-state index contributed by atoms with van der Waals surface area (Å²) in [7, 11) is 0. The number of rotatable bonds is 22. The van der Waals surface area contributed by atoms with Crippen molar-refractivity contribution in [3.05, 3.63) is 110 Å². The molecule has 0 bridgehead atoms. The average Bonchev–Trinajstić information content (AvgIpc) is 4.04. The number of benzene rings is 2. The Bertz CT molecular complexity index is 3290. The number of nitrogens with one attached hydrogen (secondary N) is 6. The SMILES string of the molecule is [2H]C([2H])(NC(=O)CNC(=O)[C@H](Cc1ccccc1)NC(=O)CNC(=O)CNC(=O)CCCCCN1C(=O)C=CC1=O)OC([2H])([2H])C(=O)N[C@H]1CCc2c(C)c(F)cc3nc4c(c1c23)Cn1c-4cc2c(c1=O)COC(=O)[C@]2(O)CC. The number of imide groups is 1. The molecule has 1 aliphatic carbocycles. The zero-order valence-electron chi connectivity index (χ0n) is 44.8. The van der Waals surface area contributed by atoms with E-state index in [1.54, 1.807) is 49.5 Å². The Kier molecular flexibility index (Phi) is 14.6. The van der Waals surface area contributed by atoms with Gasteiger partial charge in [0.1, 0.15) is 31.7 Å². The molecule has 5 heterocycles. The molecule has 0 saturated carbocycles. The van der Waals surface area contributed by atoms with E-state index in [0.717, 1.165) is 4.90 Å². The van der Waals surface area contributed by atoms with Crippen LogP contribution in [0.2, 0.25) is 0 Å². The summed E-state index contributed by atoms with van der Waals surface area (Å²) in [6.07, 6.45) is 3.92. The van der Waals surface area contributed by atoms with E-state index >= 15 is 4.39 Å². The highest BCUT2D eigenvalue weighted by atomic mass is 19.1. The maximum absolute atomic E-state index is 15.4. The van der Waals surface area contributed by atoms with Gasteiger partial charge in [0.2, 0.25) is 35.4 Å². The number of halogens is 1. The molecule has 2 aromatic heterocycles. The van der Waals surface area contributed by atoms with Crippen molar-refractivity contribution in [1.29, 1.82) is 0 Å². The number of ether oxygens (including phenoxy) is 2. The fourth-order valence-electron chi connectivity index (χ4n) is 9.57. The number of nitrogens with zero attached hydrogens (tertiary/aromatic N) is 3. The van der Waals surface area contributed by atoms with Crippen molar-refractivity contribution < 1.29 is 67.6 Å². The Morgan fingerprint density at radius 1 is 0.893 bits per heavy atom. The second-order valence-electron chi connectivity index (χ2n) is 18.3. The first-order valence-electron chi connectivity index (χ1n) is 26.2. The summed E-state index contributed by atoms with van der Waals surface area (Å²) < 4.78 is 60.6. The predicted octanol–water partition coefficient (Wildman–Crippen LogP) is 0.282. The van der Waals surface area contributed by atoms with E-state index < -0.39 is 122 Å². The first-order chi connectivity index (χ1) is 37.4. The quantitative estimate of drug-likeness (QED) is 0.0212. The number of hydrogen-bond donors (Lipinski definition) is 7. The zero-order valence-corrected chi connectivity index (χ0v) is 40.8. The molecule has 22 nitrogen and oxygen atoms in total. The number of pyridine rings is 2. The Hall–Kier alpha value is -8.18. The zero-order chi connectivity index (χ0) is 57.1. The summed E-state index contributed by atoms with van der Waals surface area (Å²) in [5.41, 5.74) is 0.121. The van der Waals surface area contributed by atoms with Crippen molar-refractivity contribution in [2.75, 3.05) is 39.4 Å². The number of amides is 8. The summed E-state index contributed by atoms with van der Waals surface area (Å²) in [5, 5.41) is 25.7. The highest BCUT2D eigenvalue weighted by Gasteiger charge is 2.46. The smallest absolute Gasteiger partial charge is 0.343 e. The largest absolute Gasteiger partial charge is 0.458 e. The van der Waals surface area contributed by atoms with Crippen LogP contribution in [0.5, 0.6) is 0 Å². The highest BCUT2D eigenvalue weighted by Crippen LogP contribution is 2.46. The van der Waals surface area contributed by atoms with Gasteiger partial charge in [0, 0.05) is 54.1 Å². The molecule has 0 radical (unpaired) electrons. The second kappa shape index (κ2) is 22.9. The monoisotopic (exact) mass is 1040 g/mol. The minimum atomic E-state index is -3.49. The van der Waals surface area contributed by atoms with Crippen molar-refractivity contribution in [2.24, 2.45) is 0 Å². The number of cyclic esters (lactones) is 1. The number of aromatic nitrogens is 2. The average molecular weight is 1040 g/mol. The first-order valence-corrected chi connectivity index (χ1v) is 24.2. The van der Waals surface area contributed by atoms with Crippen LogP contribution in [0.15, 0.2) is 59.4 Å². The van der Waals surface area contributed by atoms with Crippen LogP contribution < -0.4 is 37.5 Å². The third-order valence-corrected chi connectivity index (χ3v) is 13.5. The minimum Gasteiger partial charge on any atom is -0.458 e. The molecule has 0 saturated heterocycles. The lowest BCUT2D eigenvalue weighted by atomic mass is 9.81. The van der Waals surface area contributed by atoms with E-state index in [1.165, 1.54) is 28.9 Å². The Labute approximate surface area is 433 Å². The number of hydrogen-bond acceptors (Lipinski definition) is 14. The van der Waals surface area contributed by atoms with Crippen LogP contribution in [0.3, 0.4) is 0 Å². The maximum atomic E-state index is 15.4. The molecular formula is C52H56FN9O13. The summed E-state index contributed by atoms with van der Waals surface area (Å²) in [6, 6.07) is 8.65. The standard InChI is InChI=1S/C52H56FN9O13/c1-3-52(73)33-19-38-48-31(24-62(38)50(71)32(33)25-75-51(52)72)47-35(14-13-30-28(2)34(53)20-36(60-48)46(30)47)58-43(67)26-74-27-57-41(65)22-56-49(70)37(18-29-10-6-4-7-11-29)59-42(66)23-55-40(64)21-54-39(63)12-8-5-9-17-61-44(68)15-16-45(61)69/h4,6-7,10-11,15-16,19-20,35,37,73H,3,5,8-9,12-14,17-18,21-27H2,1-2H3,(H,54,63)(H,55,64)(H,56,70)(H,57,65)(H,58,67)(H,59,66)/t35-,37-,52-/m0/s1/i26D2,27D2. The second-order valence-corrected chi connectivity index (χ2v) is 18.3. The number of unbranched alkanes of at least 4 members (excludes halogenated alkanes) is 2. The molecule has 0 spiro atoms. The molecule has 2 aromatic carbocycles. The molecular weight excluding hydrogens is 978 g/mol. The van der Waals surface area contributed by atoms with Crippen molar-refractivity contribution >= 4 is 64.1 Å². The number of carbonyl (C=O) groups is 9. The third-order valence-electron chi connectivity index (χ3n) is 13.5. The van der Waals surface area contributed by atoms with Gasteiger partial charge in [-0.15, -0.1) is 0 Å². The summed E-state index contributed by atoms with van der Waals surface area (Å²) in [4.78, 5) is 134. The summed E-state index contributed by atoms with van der Waals surface area (Å²) in [6.45, 7) is -6.07. The molecule has 0 unspecified atom stereocenters. The van der Waals surface area contributed by atoms with Crippen molar-refractivity contribution in [2.45, 2.75) is 96.1 Å². The number of fused-ring (bicyclic) bond motifs is 5. The van der Waals surface area contributed by atoms with Crippen LogP contribution >= 0.6 is 0 Å². The number of aliphatic hydroxyl groups is 1. The van der Waals surface area contributed by atoms with Gasteiger partial charge in [-0.05, 0) is 67.3 Å². The van der Waals surface area contributed by atoms with E-state index in [9.17, 15) is 53.1 Å². The van der Waals surface area contributed by atoms with Gasteiger partial charge in [-0.2, -0.15) is 0 Å².